The van der Waals surface area contributed by atoms with Crippen LogP contribution >= 0.6 is 27.9 Å². The van der Waals surface area contributed by atoms with Crippen LogP contribution in [0, 0.1) is 17.7 Å². The van der Waals surface area contributed by atoms with Crippen LogP contribution in [0.4, 0.5) is 27.5 Å². The molecule has 0 bridgehead atoms. The van der Waals surface area contributed by atoms with E-state index >= 15 is 0 Å². The number of halogens is 2. The molecule has 0 spiro atoms. The number of hydrogen-bond acceptors (Lipinski definition) is 10. The zero-order chi connectivity index (χ0) is 37.9. The third-order valence-electron chi connectivity index (χ3n) is 5.84. The summed E-state index contributed by atoms with van der Waals surface area (Å²) < 4.78 is 17.9. The maximum atomic E-state index is 14.0. The highest BCUT2D eigenvalue weighted by Crippen LogP contribution is 2.28. The number of aliphatic carboxylic acids is 1. The van der Waals surface area contributed by atoms with E-state index in [0.29, 0.717) is 41.2 Å². The first-order chi connectivity index (χ1) is 23.8. The number of aliphatic hydroxyl groups is 1. The van der Waals surface area contributed by atoms with Crippen molar-refractivity contribution in [2.75, 3.05) is 37.4 Å². The molecule has 50 heavy (non-hydrogen) atoms. The van der Waals surface area contributed by atoms with Crippen LogP contribution in [0.1, 0.15) is 50.9 Å². The first-order valence-electron chi connectivity index (χ1n) is 15.8. The normalized spacial score (nSPS) is 10.2. The lowest BCUT2D eigenvalue weighted by molar-refractivity contribution is -0.131. The Kier molecular flexibility index (Phi) is 25.4. The van der Waals surface area contributed by atoms with E-state index in [1.54, 1.807) is 49.5 Å². The van der Waals surface area contributed by atoms with E-state index in [4.69, 9.17) is 15.9 Å². The Hall–Kier alpha value is -4.08. The van der Waals surface area contributed by atoms with Gasteiger partial charge in [-0.2, -0.15) is 4.98 Å². The van der Waals surface area contributed by atoms with Crippen molar-refractivity contribution in [1.29, 1.82) is 0 Å². The number of carbonyl (C=O) groups excluding carboxylic acids is 1. The number of primary amides is 1. The molecule has 1 heterocycles. The molecule has 0 atom stereocenters. The summed E-state index contributed by atoms with van der Waals surface area (Å²) in [6, 6.07) is 12.1. The third-order valence-corrected chi connectivity index (χ3v) is 7.27. The van der Waals surface area contributed by atoms with Gasteiger partial charge in [-0.1, -0.05) is 65.1 Å². The Morgan fingerprint density at radius 2 is 1.68 bits per heavy atom. The predicted molar refractivity (Wildman–Crippen MR) is 209 cm³/mol. The first-order valence-corrected chi connectivity index (χ1v) is 17.4. The van der Waals surface area contributed by atoms with Gasteiger partial charge in [-0.25, -0.2) is 14.2 Å². The molecule has 0 aliphatic heterocycles. The van der Waals surface area contributed by atoms with Gasteiger partial charge in [0.05, 0.1) is 15.7 Å². The second-order valence-corrected chi connectivity index (χ2v) is 12.9. The molecule has 8 N–H and O–H groups in total. The van der Waals surface area contributed by atoms with Crippen LogP contribution in [0.15, 0.2) is 95.5 Å². The number of rotatable bonds is 16. The van der Waals surface area contributed by atoms with Crippen molar-refractivity contribution in [3.63, 3.8) is 0 Å². The Balaban J connectivity index is 0.00000109. The molecule has 1 amide bonds. The number of carbonyl (C=O) groups is 2. The van der Waals surface area contributed by atoms with Gasteiger partial charge in [-0.3, -0.25) is 9.52 Å². The zero-order valence-electron chi connectivity index (χ0n) is 29.4. The SMILES string of the molecule is C=CC=C.CC(C)CCNSc1ccc(Nc2ncc(Br)c(Nc3cccc(F)c3C(N)=O)n2)cc1.CC(C)CCO.CNC/C=C/C(=O)O. The third kappa shape index (κ3) is 21.8. The lowest BCUT2D eigenvalue weighted by atomic mass is 10.1. The number of hydrogen-bond donors (Lipinski definition) is 7. The molecule has 274 valence electrons. The van der Waals surface area contributed by atoms with Crippen molar-refractivity contribution in [3.8, 4) is 0 Å². The van der Waals surface area contributed by atoms with Gasteiger partial charge in [-0.15, -0.1) is 0 Å². The number of benzene rings is 2. The van der Waals surface area contributed by atoms with Crippen LogP contribution in [0.5, 0.6) is 0 Å². The van der Waals surface area contributed by atoms with Crippen molar-refractivity contribution in [2.24, 2.45) is 17.6 Å². The summed E-state index contributed by atoms with van der Waals surface area (Å²) >= 11 is 4.96. The lowest BCUT2D eigenvalue weighted by Gasteiger charge is -2.13. The minimum atomic E-state index is -0.903. The minimum absolute atomic E-state index is 0.217. The number of carboxylic acids is 1. The Labute approximate surface area is 308 Å². The molecule has 0 fully saturated rings. The molecule has 0 aliphatic rings. The summed E-state index contributed by atoms with van der Waals surface area (Å²) in [4.78, 5) is 31.2. The number of aliphatic hydroxyl groups excluding tert-OH is 1. The van der Waals surface area contributed by atoms with Crippen LogP contribution in [0.3, 0.4) is 0 Å². The quantitative estimate of drug-likeness (QED) is 0.0327. The van der Waals surface area contributed by atoms with Gasteiger partial charge in [-0.05, 0) is 96.0 Å². The van der Waals surface area contributed by atoms with Crippen LogP contribution < -0.4 is 26.4 Å². The van der Waals surface area contributed by atoms with Crippen molar-refractivity contribution in [3.05, 3.63) is 102 Å². The summed E-state index contributed by atoms with van der Waals surface area (Å²) in [5, 5.41) is 25.1. The summed E-state index contributed by atoms with van der Waals surface area (Å²) in [7, 11) is 1.76. The fraction of sp³-hybridized carbons (Fsp3) is 0.333. The van der Waals surface area contributed by atoms with Crippen LogP contribution in [0.2, 0.25) is 0 Å². The number of allylic oxidation sites excluding steroid dienone is 2. The monoisotopic (exact) mass is 775 g/mol. The van der Waals surface area contributed by atoms with E-state index < -0.39 is 17.7 Å². The summed E-state index contributed by atoms with van der Waals surface area (Å²) in [6.07, 6.45) is 9.54. The van der Waals surface area contributed by atoms with E-state index in [2.05, 4.69) is 87.4 Å². The Morgan fingerprint density at radius 3 is 2.18 bits per heavy atom. The smallest absolute Gasteiger partial charge is 0.328 e. The largest absolute Gasteiger partial charge is 0.478 e. The molecule has 1 aromatic heterocycles. The highest BCUT2D eigenvalue weighted by Gasteiger charge is 2.16. The first kappa shape index (κ1) is 45.9. The van der Waals surface area contributed by atoms with Gasteiger partial charge in [0.1, 0.15) is 11.6 Å². The average Bonchev–Trinajstić information content (AvgIpc) is 3.06. The minimum Gasteiger partial charge on any atom is -0.478 e. The van der Waals surface area contributed by atoms with E-state index in [1.807, 2.05) is 24.3 Å². The zero-order valence-corrected chi connectivity index (χ0v) is 31.8. The molecule has 14 heteroatoms. The van der Waals surface area contributed by atoms with E-state index in [9.17, 15) is 14.0 Å². The van der Waals surface area contributed by atoms with Crippen molar-refractivity contribution < 1.29 is 24.2 Å². The van der Waals surface area contributed by atoms with Gasteiger partial charge >= 0.3 is 5.97 Å². The van der Waals surface area contributed by atoms with Crippen LogP contribution in [-0.2, 0) is 4.79 Å². The Morgan fingerprint density at radius 1 is 1.04 bits per heavy atom. The second-order valence-electron chi connectivity index (χ2n) is 11.0. The van der Waals surface area contributed by atoms with Crippen molar-refractivity contribution >= 4 is 62.9 Å². The maximum absolute atomic E-state index is 14.0. The van der Waals surface area contributed by atoms with Crippen molar-refractivity contribution in [1.82, 2.24) is 20.0 Å². The molecule has 0 saturated heterocycles. The number of aromatic nitrogens is 2. The summed E-state index contributed by atoms with van der Waals surface area (Å²) in [6.45, 7) is 17.2. The molecule has 11 nitrogen and oxygen atoms in total. The summed E-state index contributed by atoms with van der Waals surface area (Å²) in [5.74, 6) is -0.465. The number of likely N-dealkylation sites (N-methyl/N-ethyl adjacent to an activating group) is 1. The standard InChI is InChI=1S/C22H24BrFN6OS.C5H9NO2.C5H12O.C4H6/c1-13(2)10-11-27-32-15-8-6-14(7-9-15)28-22-26-12-16(23)21(30-22)29-18-5-3-4-17(24)19(18)20(25)31;1-6-4-2-3-5(7)8;1-5(2)3-4-6;1-3-4-2/h3-9,12-13,27H,10-11H2,1-2H3,(H2,25,31)(H2,26,28,29,30);2-3,6H,4H2,1H3,(H,7,8);5-6H,3-4H2,1-2H3;3-4H,1-2H2/b;3-2+;;. The molecule has 3 aromatic rings. The molecule has 0 aliphatic carbocycles. The number of carboxylic acid groups (broad SMARTS) is 1. The van der Waals surface area contributed by atoms with E-state index in [1.165, 1.54) is 12.1 Å². The van der Waals surface area contributed by atoms with Gasteiger partial charge in [0.15, 0.2) is 0 Å². The van der Waals surface area contributed by atoms with Gasteiger partial charge < -0.3 is 31.9 Å². The number of anilines is 4. The molecule has 0 radical (unpaired) electrons. The predicted octanol–water partition coefficient (Wildman–Crippen LogP) is 7.84. The number of nitrogens with zero attached hydrogens (tertiary/aromatic N) is 2. The van der Waals surface area contributed by atoms with Gasteiger partial charge in [0.25, 0.3) is 5.91 Å². The van der Waals surface area contributed by atoms with Crippen LogP contribution in [-0.4, -0.2) is 58.8 Å². The van der Waals surface area contributed by atoms with Gasteiger partial charge in [0.2, 0.25) is 5.95 Å². The Bertz CT molecular complexity index is 1470. The number of nitrogens with one attached hydrogen (secondary N) is 4. The lowest BCUT2D eigenvalue weighted by Crippen LogP contribution is -2.16. The molecular formula is C36H51BrFN7O4S. The maximum Gasteiger partial charge on any atom is 0.328 e. The fourth-order valence-corrected chi connectivity index (χ4v) is 4.22. The van der Waals surface area contributed by atoms with Crippen LogP contribution in [0.25, 0.3) is 0 Å². The van der Waals surface area contributed by atoms with Crippen molar-refractivity contribution in [2.45, 2.75) is 45.4 Å². The highest BCUT2D eigenvalue weighted by atomic mass is 79.9. The average molecular weight is 777 g/mol. The number of amides is 1. The molecule has 2 aromatic carbocycles. The fourth-order valence-electron chi connectivity index (χ4n) is 3.27. The molecule has 0 saturated carbocycles. The number of nitrogens with two attached hydrogens (primary N) is 1. The summed E-state index contributed by atoms with van der Waals surface area (Å²) in [5.41, 5.74) is 6.12. The van der Waals surface area contributed by atoms with E-state index in [0.717, 1.165) is 36.0 Å². The molecule has 0 unspecified atom stereocenters. The topological polar surface area (TPSA) is 175 Å². The van der Waals surface area contributed by atoms with E-state index in [-0.39, 0.29) is 11.3 Å². The second kappa shape index (κ2) is 27.7. The van der Waals surface area contributed by atoms with Gasteiger partial charge in [0, 0.05) is 42.6 Å². The highest BCUT2D eigenvalue weighted by molar-refractivity contribution is 9.10. The molecular weight excluding hydrogens is 725 g/mol. The molecule has 3 rings (SSSR count).